The first-order valence-corrected chi connectivity index (χ1v) is 8.89. The average Bonchev–Trinajstić information content (AvgIpc) is 2.56. The Morgan fingerprint density at radius 3 is 2.64 bits per heavy atom. The van der Waals surface area contributed by atoms with Gasteiger partial charge in [0, 0.05) is 17.8 Å². The zero-order valence-electron chi connectivity index (χ0n) is 15.4. The monoisotopic (exact) mass is 347 g/mol. The molecular weight excluding hydrogens is 318 g/mol. The molecule has 1 aromatic rings. The number of anilines is 1. The molecule has 6 heteroatoms. The highest BCUT2D eigenvalue weighted by atomic mass is 16.5. The minimum Gasteiger partial charge on any atom is -0.497 e. The predicted octanol–water partition coefficient (Wildman–Crippen LogP) is 2.26. The number of nitrogens with one attached hydrogen (secondary N) is 2. The second kappa shape index (κ2) is 9.42. The van der Waals surface area contributed by atoms with Gasteiger partial charge in [-0.2, -0.15) is 0 Å². The Morgan fingerprint density at radius 2 is 1.92 bits per heavy atom. The van der Waals surface area contributed by atoms with E-state index in [1.54, 1.807) is 31.2 Å². The number of carbonyl (C=O) groups is 2. The molecule has 0 aliphatic heterocycles. The molecule has 6 nitrogen and oxygen atoms in total. The number of ether oxygens (including phenoxy) is 1. The summed E-state index contributed by atoms with van der Waals surface area (Å²) in [6, 6.07) is 7.46. The number of methoxy groups -OCH3 is 1. The molecule has 0 bridgehead atoms. The van der Waals surface area contributed by atoms with Gasteiger partial charge in [-0.15, -0.1) is 0 Å². The van der Waals surface area contributed by atoms with Gasteiger partial charge in [0.25, 0.3) is 0 Å². The van der Waals surface area contributed by atoms with Crippen LogP contribution < -0.4 is 15.4 Å². The van der Waals surface area contributed by atoms with E-state index in [1.807, 2.05) is 12.1 Å². The Kier molecular flexibility index (Phi) is 7.25. The summed E-state index contributed by atoms with van der Waals surface area (Å²) < 4.78 is 5.14. The Morgan fingerprint density at radius 1 is 1.20 bits per heavy atom. The van der Waals surface area contributed by atoms with Gasteiger partial charge in [0.15, 0.2) is 0 Å². The third-order valence-corrected chi connectivity index (χ3v) is 4.64. The second-order valence-corrected chi connectivity index (χ2v) is 6.89. The standard InChI is InChI=1S/C19H29N3O3/c1-14-7-4-5-10-17(14)21-19(24)13-22(2)12-18(23)20-15-8-6-9-16(11-15)25-3/h6,8-9,11,14,17H,4-5,7,10,12-13H2,1-3H3,(H,20,23)(H,21,24)/t14-,17-/m0/s1. The molecule has 25 heavy (non-hydrogen) atoms. The maximum Gasteiger partial charge on any atom is 0.238 e. The lowest BCUT2D eigenvalue weighted by atomic mass is 9.86. The largest absolute Gasteiger partial charge is 0.497 e. The summed E-state index contributed by atoms with van der Waals surface area (Å²) in [5.41, 5.74) is 0.679. The van der Waals surface area contributed by atoms with Crippen LogP contribution in [0.5, 0.6) is 5.75 Å². The van der Waals surface area contributed by atoms with Gasteiger partial charge in [-0.25, -0.2) is 0 Å². The van der Waals surface area contributed by atoms with E-state index in [1.165, 1.54) is 19.3 Å². The first-order valence-electron chi connectivity index (χ1n) is 8.89. The molecule has 2 rings (SSSR count). The van der Waals surface area contributed by atoms with Crippen molar-refractivity contribution in [2.45, 2.75) is 38.6 Å². The van der Waals surface area contributed by atoms with Gasteiger partial charge in [0.1, 0.15) is 5.75 Å². The summed E-state index contributed by atoms with van der Waals surface area (Å²) >= 11 is 0. The van der Waals surface area contributed by atoms with Crippen molar-refractivity contribution in [1.29, 1.82) is 0 Å². The number of benzene rings is 1. The molecule has 0 unspecified atom stereocenters. The lowest BCUT2D eigenvalue weighted by Gasteiger charge is -2.30. The van der Waals surface area contributed by atoms with E-state index < -0.39 is 0 Å². The lowest BCUT2D eigenvalue weighted by molar-refractivity contribution is -0.124. The van der Waals surface area contributed by atoms with Crippen molar-refractivity contribution in [3.63, 3.8) is 0 Å². The Balaban J connectivity index is 1.75. The van der Waals surface area contributed by atoms with Crippen molar-refractivity contribution in [2.75, 3.05) is 32.6 Å². The molecule has 1 aromatic carbocycles. The van der Waals surface area contributed by atoms with Crippen LogP contribution in [0.4, 0.5) is 5.69 Å². The minimum absolute atomic E-state index is 0.0181. The highest BCUT2D eigenvalue weighted by molar-refractivity contribution is 5.92. The summed E-state index contributed by atoms with van der Waals surface area (Å²) in [6.45, 7) is 2.56. The zero-order chi connectivity index (χ0) is 18.2. The van der Waals surface area contributed by atoms with Crippen LogP contribution >= 0.6 is 0 Å². The van der Waals surface area contributed by atoms with Crippen molar-refractivity contribution in [3.05, 3.63) is 24.3 Å². The van der Waals surface area contributed by atoms with Gasteiger partial charge in [-0.05, 0) is 37.9 Å². The van der Waals surface area contributed by atoms with E-state index in [0.29, 0.717) is 17.4 Å². The van der Waals surface area contributed by atoms with Gasteiger partial charge >= 0.3 is 0 Å². The molecule has 0 radical (unpaired) electrons. The molecule has 2 atom stereocenters. The molecule has 0 saturated heterocycles. The van der Waals surface area contributed by atoms with Crippen molar-refractivity contribution < 1.29 is 14.3 Å². The maximum atomic E-state index is 12.2. The number of hydrogen-bond donors (Lipinski definition) is 2. The summed E-state index contributed by atoms with van der Waals surface area (Å²) in [5.74, 6) is 1.04. The van der Waals surface area contributed by atoms with E-state index in [4.69, 9.17) is 4.74 Å². The van der Waals surface area contributed by atoms with Gasteiger partial charge < -0.3 is 15.4 Å². The number of carbonyl (C=O) groups excluding carboxylic acids is 2. The minimum atomic E-state index is -0.158. The molecule has 0 aromatic heterocycles. The molecule has 2 amide bonds. The number of amides is 2. The fourth-order valence-electron chi connectivity index (χ4n) is 3.23. The molecule has 0 heterocycles. The van der Waals surface area contributed by atoms with E-state index in [2.05, 4.69) is 17.6 Å². The third kappa shape index (κ3) is 6.38. The summed E-state index contributed by atoms with van der Waals surface area (Å²) in [5, 5.41) is 5.93. The highest BCUT2D eigenvalue weighted by Gasteiger charge is 2.23. The molecule has 1 fully saturated rings. The Hall–Kier alpha value is -2.08. The Bertz CT molecular complexity index is 591. The van der Waals surface area contributed by atoms with Crippen LogP contribution in [0.1, 0.15) is 32.6 Å². The highest BCUT2D eigenvalue weighted by Crippen LogP contribution is 2.23. The molecule has 1 aliphatic carbocycles. The van der Waals surface area contributed by atoms with Crippen molar-refractivity contribution in [1.82, 2.24) is 10.2 Å². The van der Waals surface area contributed by atoms with E-state index >= 15 is 0 Å². The molecule has 138 valence electrons. The average molecular weight is 347 g/mol. The summed E-state index contributed by atoms with van der Waals surface area (Å²) in [4.78, 5) is 26.0. The third-order valence-electron chi connectivity index (χ3n) is 4.64. The van der Waals surface area contributed by atoms with Gasteiger partial charge in [0.05, 0.1) is 20.2 Å². The number of rotatable bonds is 7. The first kappa shape index (κ1) is 19.2. The molecule has 2 N–H and O–H groups in total. The van der Waals surface area contributed by atoms with E-state index in [9.17, 15) is 9.59 Å². The van der Waals surface area contributed by atoms with Crippen molar-refractivity contribution in [3.8, 4) is 5.75 Å². The van der Waals surface area contributed by atoms with Crippen LogP contribution in [0.3, 0.4) is 0 Å². The maximum absolute atomic E-state index is 12.2. The normalized spacial score (nSPS) is 20.2. The van der Waals surface area contributed by atoms with Crippen molar-refractivity contribution >= 4 is 17.5 Å². The van der Waals surface area contributed by atoms with Gasteiger partial charge in [0.2, 0.25) is 11.8 Å². The summed E-state index contributed by atoms with van der Waals surface area (Å²) in [7, 11) is 3.36. The zero-order valence-corrected chi connectivity index (χ0v) is 15.4. The van der Waals surface area contributed by atoms with Crippen LogP contribution in [-0.4, -0.2) is 50.0 Å². The first-order chi connectivity index (χ1) is 12.0. The Labute approximate surface area is 149 Å². The second-order valence-electron chi connectivity index (χ2n) is 6.89. The molecular formula is C19H29N3O3. The van der Waals surface area contributed by atoms with Crippen LogP contribution in [0, 0.1) is 5.92 Å². The molecule has 1 saturated carbocycles. The number of nitrogens with zero attached hydrogens (tertiary/aromatic N) is 1. The SMILES string of the molecule is COc1cccc(NC(=O)CN(C)CC(=O)N[C@H]2CCCC[C@@H]2C)c1. The quantitative estimate of drug-likeness (QED) is 0.794. The number of hydrogen-bond acceptors (Lipinski definition) is 4. The number of likely N-dealkylation sites (N-methyl/N-ethyl adjacent to an activating group) is 1. The molecule has 1 aliphatic rings. The van der Waals surface area contributed by atoms with Gasteiger partial charge in [-0.3, -0.25) is 14.5 Å². The van der Waals surface area contributed by atoms with Gasteiger partial charge in [-0.1, -0.05) is 25.8 Å². The topological polar surface area (TPSA) is 70.7 Å². The summed E-state index contributed by atoms with van der Waals surface area (Å²) in [6.07, 6.45) is 4.64. The predicted molar refractivity (Wildman–Crippen MR) is 98.7 cm³/mol. The van der Waals surface area contributed by atoms with Crippen molar-refractivity contribution in [2.24, 2.45) is 5.92 Å². The lowest BCUT2D eigenvalue weighted by Crippen LogP contribution is -2.46. The molecule has 0 spiro atoms. The van der Waals surface area contributed by atoms with Crippen LogP contribution in [0.2, 0.25) is 0 Å². The van der Waals surface area contributed by atoms with Crippen LogP contribution in [0.25, 0.3) is 0 Å². The van der Waals surface area contributed by atoms with Crippen LogP contribution in [-0.2, 0) is 9.59 Å². The smallest absolute Gasteiger partial charge is 0.238 e. The van der Waals surface area contributed by atoms with E-state index in [-0.39, 0.29) is 30.9 Å². The van der Waals surface area contributed by atoms with E-state index in [0.717, 1.165) is 6.42 Å². The fourth-order valence-corrected chi connectivity index (χ4v) is 3.23. The fraction of sp³-hybridized carbons (Fsp3) is 0.579. The van der Waals surface area contributed by atoms with Crippen LogP contribution in [0.15, 0.2) is 24.3 Å².